The van der Waals surface area contributed by atoms with Crippen LogP contribution in [0, 0.1) is 5.92 Å². The quantitative estimate of drug-likeness (QED) is 0.492. The van der Waals surface area contributed by atoms with E-state index in [1.54, 1.807) is 0 Å². The lowest BCUT2D eigenvalue weighted by Gasteiger charge is -2.21. The van der Waals surface area contributed by atoms with Crippen LogP contribution in [0.25, 0.3) is 0 Å². The van der Waals surface area contributed by atoms with Crippen molar-refractivity contribution < 1.29 is 13.6 Å². The third kappa shape index (κ3) is 1.56. The average molecular weight is 223 g/mol. The first kappa shape index (κ1) is 8.59. The van der Waals surface area contributed by atoms with Crippen molar-refractivity contribution in [3.8, 4) is 0 Å². The molecule has 11 heavy (non-hydrogen) atoms. The topological polar surface area (TPSA) is 17.1 Å². The molecule has 0 bridgehead atoms. The minimum absolute atomic E-state index is 0.240. The fourth-order valence-corrected chi connectivity index (χ4v) is 1.29. The Balaban J connectivity index is 2.97. The van der Waals surface area contributed by atoms with Gasteiger partial charge in [0.15, 0.2) is 4.58 Å². The molecular formula is C7H5BrF2O. The molecule has 0 saturated heterocycles. The van der Waals surface area contributed by atoms with Crippen LogP contribution >= 0.6 is 15.9 Å². The Hall–Kier alpha value is -0.510. The maximum absolute atomic E-state index is 13.1. The fraction of sp³-hybridized carbons (Fsp3) is 0.286. The van der Waals surface area contributed by atoms with E-state index >= 15 is 0 Å². The Kier molecular flexibility index (Phi) is 2.23. The second kappa shape index (κ2) is 2.85. The molecule has 1 aliphatic carbocycles. The number of hydrogen-bond donors (Lipinski definition) is 0. The molecule has 0 aromatic heterocycles. The van der Waals surface area contributed by atoms with E-state index in [1.807, 2.05) is 0 Å². The molecule has 4 heteroatoms. The Morgan fingerprint density at radius 3 is 2.73 bits per heavy atom. The summed E-state index contributed by atoms with van der Waals surface area (Å²) >= 11 is 2.59. The van der Waals surface area contributed by atoms with Crippen LogP contribution in [0.2, 0.25) is 0 Å². The van der Waals surface area contributed by atoms with Gasteiger partial charge in [-0.2, -0.15) is 0 Å². The maximum atomic E-state index is 13.1. The molecule has 0 fully saturated rings. The number of allylic oxidation sites excluding steroid dienone is 4. The molecule has 0 spiro atoms. The van der Waals surface area contributed by atoms with Gasteiger partial charge >= 0.3 is 0 Å². The van der Waals surface area contributed by atoms with E-state index in [1.165, 1.54) is 6.08 Å². The van der Waals surface area contributed by atoms with E-state index in [-0.39, 0.29) is 6.29 Å². The van der Waals surface area contributed by atoms with Crippen LogP contribution in [0.1, 0.15) is 0 Å². The number of hydrogen-bond acceptors (Lipinski definition) is 1. The number of carbonyl (C=O) groups is 1. The minimum Gasteiger partial charge on any atom is -0.302 e. The smallest absolute Gasteiger partial charge is 0.199 e. The average Bonchev–Trinajstić information content (AvgIpc) is 1.86. The largest absolute Gasteiger partial charge is 0.302 e. The second-order valence-electron chi connectivity index (χ2n) is 2.20. The van der Waals surface area contributed by atoms with Crippen molar-refractivity contribution in [2.24, 2.45) is 5.92 Å². The summed E-state index contributed by atoms with van der Waals surface area (Å²) < 4.78 is 23.7. The monoisotopic (exact) mass is 222 g/mol. The van der Waals surface area contributed by atoms with Crippen LogP contribution in [-0.4, -0.2) is 10.9 Å². The molecule has 0 aliphatic heterocycles. The zero-order valence-electron chi connectivity index (χ0n) is 5.43. The molecule has 2 atom stereocenters. The lowest BCUT2D eigenvalue weighted by molar-refractivity contribution is -0.112. The van der Waals surface area contributed by atoms with Gasteiger partial charge < -0.3 is 4.79 Å². The fourth-order valence-electron chi connectivity index (χ4n) is 0.815. The van der Waals surface area contributed by atoms with Gasteiger partial charge in [-0.15, -0.1) is 0 Å². The van der Waals surface area contributed by atoms with E-state index in [0.29, 0.717) is 0 Å². The van der Waals surface area contributed by atoms with Gasteiger partial charge in [0.1, 0.15) is 18.0 Å². The van der Waals surface area contributed by atoms with Crippen LogP contribution in [0.5, 0.6) is 0 Å². The highest BCUT2D eigenvalue weighted by Gasteiger charge is 2.38. The van der Waals surface area contributed by atoms with Gasteiger partial charge in [0.05, 0.1) is 0 Å². The number of carbonyl (C=O) groups excluding carboxylic acids is 1. The van der Waals surface area contributed by atoms with E-state index < -0.39 is 16.3 Å². The number of halogens is 3. The highest BCUT2D eigenvalue weighted by atomic mass is 79.9. The third-order valence-corrected chi connectivity index (χ3v) is 2.18. The van der Waals surface area contributed by atoms with Crippen LogP contribution < -0.4 is 0 Å². The standard InChI is InChI=1S/C7H5BrF2O/c8-7(10)3-1-2-6(9)5(7)4-11/h1-5H. The highest BCUT2D eigenvalue weighted by Crippen LogP contribution is 2.37. The van der Waals surface area contributed by atoms with Crippen molar-refractivity contribution in [2.75, 3.05) is 0 Å². The Bertz CT molecular complexity index is 233. The van der Waals surface area contributed by atoms with E-state index in [9.17, 15) is 13.6 Å². The van der Waals surface area contributed by atoms with Gasteiger partial charge in [0, 0.05) is 0 Å². The van der Waals surface area contributed by atoms with Crippen molar-refractivity contribution in [1.82, 2.24) is 0 Å². The number of rotatable bonds is 1. The molecule has 1 rings (SSSR count). The molecule has 0 heterocycles. The number of alkyl halides is 2. The Morgan fingerprint density at radius 1 is 1.73 bits per heavy atom. The molecule has 0 radical (unpaired) electrons. The Labute approximate surface area is 70.9 Å². The van der Waals surface area contributed by atoms with Crippen LogP contribution in [0.15, 0.2) is 24.1 Å². The predicted octanol–water partition coefficient (Wildman–Crippen LogP) is 2.29. The summed E-state index contributed by atoms with van der Waals surface area (Å²) in [5, 5.41) is 0. The Morgan fingerprint density at radius 2 is 2.36 bits per heavy atom. The van der Waals surface area contributed by atoms with Crippen LogP contribution in [0.4, 0.5) is 8.78 Å². The first-order valence-corrected chi connectivity index (χ1v) is 3.75. The van der Waals surface area contributed by atoms with Gasteiger partial charge in [-0.1, -0.05) is 6.08 Å². The first-order chi connectivity index (χ1) is 5.08. The van der Waals surface area contributed by atoms with Gasteiger partial charge in [0.25, 0.3) is 0 Å². The van der Waals surface area contributed by atoms with Gasteiger partial charge in [-0.25, -0.2) is 8.78 Å². The summed E-state index contributed by atoms with van der Waals surface area (Å²) in [4.78, 5) is 10.2. The van der Waals surface area contributed by atoms with Crippen molar-refractivity contribution in [2.45, 2.75) is 4.58 Å². The summed E-state index contributed by atoms with van der Waals surface area (Å²) in [6.07, 6.45) is 3.63. The molecule has 1 nitrogen and oxygen atoms in total. The molecule has 0 aromatic carbocycles. The zero-order chi connectivity index (χ0) is 8.48. The third-order valence-electron chi connectivity index (χ3n) is 1.42. The molecule has 60 valence electrons. The molecule has 1 aliphatic rings. The van der Waals surface area contributed by atoms with E-state index in [4.69, 9.17) is 0 Å². The second-order valence-corrected chi connectivity index (χ2v) is 3.41. The van der Waals surface area contributed by atoms with Crippen LogP contribution in [-0.2, 0) is 4.79 Å². The summed E-state index contributed by atoms with van der Waals surface area (Å²) in [6, 6.07) is 0. The predicted molar refractivity (Wildman–Crippen MR) is 40.7 cm³/mol. The molecule has 0 amide bonds. The lowest BCUT2D eigenvalue weighted by Crippen LogP contribution is -2.27. The van der Waals surface area contributed by atoms with E-state index in [2.05, 4.69) is 15.9 Å². The summed E-state index contributed by atoms with van der Waals surface area (Å²) in [5.41, 5.74) is 0. The van der Waals surface area contributed by atoms with Crippen molar-refractivity contribution in [3.05, 3.63) is 24.1 Å². The minimum atomic E-state index is -2.06. The highest BCUT2D eigenvalue weighted by molar-refractivity contribution is 9.10. The normalized spacial score (nSPS) is 36.6. The number of aldehydes is 1. The van der Waals surface area contributed by atoms with E-state index in [0.717, 1.165) is 12.2 Å². The van der Waals surface area contributed by atoms with Crippen LogP contribution in [0.3, 0.4) is 0 Å². The molecule has 2 unspecified atom stereocenters. The maximum Gasteiger partial charge on any atom is 0.199 e. The van der Waals surface area contributed by atoms with Crippen molar-refractivity contribution in [1.29, 1.82) is 0 Å². The molecular weight excluding hydrogens is 218 g/mol. The van der Waals surface area contributed by atoms with Crippen molar-refractivity contribution >= 4 is 22.2 Å². The molecule has 0 N–H and O–H groups in total. The van der Waals surface area contributed by atoms with Gasteiger partial charge in [0.2, 0.25) is 0 Å². The molecule has 0 saturated carbocycles. The summed E-state index contributed by atoms with van der Waals surface area (Å²) in [6.45, 7) is 0. The molecule has 0 aromatic rings. The lowest BCUT2D eigenvalue weighted by atomic mass is 9.99. The zero-order valence-corrected chi connectivity index (χ0v) is 7.01. The van der Waals surface area contributed by atoms with Gasteiger partial charge in [-0.05, 0) is 28.1 Å². The summed E-state index contributed by atoms with van der Waals surface area (Å²) in [5.74, 6) is -2.12. The van der Waals surface area contributed by atoms with Crippen molar-refractivity contribution in [3.63, 3.8) is 0 Å². The SMILES string of the molecule is O=CC1C(F)=CC=CC1(F)Br. The summed E-state index contributed by atoms with van der Waals surface area (Å²) in [7, 11) is 0. The van der Waals surface area contributed by atoms with Gasteiger partial charge in [-0.3, -0.25) is 0 Å². The first-order valence-electron chi connectivity index (χ1n) is 2.96.